The second kappa shape index (κ2) is 12.7. The Morgan fingerprint density at radius 1 is 1.26 bits per heavy atom. The average Bonchev–Trinajstić information content (AvgIpc) is 3.18. The van der Waals surface area contributed by atoms with Crippen LogP contribution in [0.3, 0.4) is 0 Å². The Morgan fingerprint density at radius 3 is 2.53 bits per heavy atom. The lowest BCUT2D eigenvalue weighted by Crippen LogP contribution is -2.04. The number of aromatic nitrogens is 1. The fourth-order valence-corrected chi connectivity index (χ4v) is 3.59. The highest BCUT2D eigenvalue weighted by atomic mass is 32.2. The predicted molar refractivity (Wildman–Crippen MR) is 130 cm³/mol. The highest BCUT2D eigenvalue weighted by molar-refractivity contribution is 8.07. The van der Waals surface area contributed by atoms with Crippen LogP contribution in [0.4, 0.5) is 13.2 Å². The van der Waals surface area contributed by atoms with Crippen molar-refractivity contribution in [1.29, 1.82) is 0 Å². The molecule has 0 atom stereocenters. The zero-order chi connectivity index (χ0) is 25.1. The lowest BCUT2D eigenvalue weighted by atomic mass is 10.1. The number of aliphatic hydroxyl groups excluding tert-OH is 1. The number of aromatic amines is 1. The Bertz CT molecular complexity index is 1260. The molecule has 0 aliphatic carbocycles. The first-order valence-corrected chi connectivity index (χ1v) is 11.4. The van der Waals surface area contributed by atoms with Crippen molar-refractivity contribution in [1.82, 2.24) is 4.98 Å². The number of alkyl halides is 3. The molecule has 10 heteroatoms. The van der Waals surface area contributed by atoms with Crippen LogP contribution in [-0.2, 0) is 12.6 Å². The summed E-state index contributed by atoms with van der Waals surface area (Å²) in [6.45, 7) is 1.73. The summed E-state index contributed by atoms with van der Waals surface area (Å²) < 4.78 is 41.4. The molecular weight excluding hydrogens is 467 g/mol. The monoisotopic (exact) mass is 491 g/mol. The first-order valence-electron chi connectivity index (χ1n) is 10.1. The van der Waals surface area contributed by atoms with Crippen LogP contribution in [0.15, 0.2) is 62.4 Å². The molecule has 0 spiro atoms. The number of benzene rings is 2. The van der Waals surface area contributed by atoms with Crippen molar-refractivity contribution in [2.24, 2.45) is 10.7 Å². The summed E-state index contributed by atoms with van der Waals surface area (Å²) in [6.07, 6.45) is 0.584. The number of hydrogen-bond acceptors (Lipinski definition) is 5. The molecule has 3 aromatic rings. The third-order valence-electron chi connectivity index (χ3n) is 4.41. The van der Waals surface area contributed by atoms with Gasteiger partial charge in [-0.3, -0.25) is 4.98 Å². The van der Waals surface area contributed by atoms with E-state index in [-0.39, 0.29) is 6.61 Å². The van der Waals surface area contributed by atoms with Gasteiger partial charge in [-0.2, -0.15) is 13.2 Å². The molecule has 0 aliphatic rings. The Hall–Kier alpha value is -3.42. The van der Waals surface area contributed by atoms with Gasteiger partial charge in [0.1, 0.15) is 12.3 Å². The van der Waals surface area contributed by atoms with Gasteiger partial charge >= 0.3 is 11.9 Å². The smallest absolute Gasteiger partial charge is 0.408 e. The summed E-state index contributed by atoms with van der Waals surface area (Å²) in [5.74, 6) is 4.80. The number of hydrogen-bond donors (Lipinski definition) is 3. The fourth-order valence-electron chi connectivity index (χ4n) is 2.93. The number of thioether (sulfide) groups is 1. The molecule has 0 saturated heterocycles. The molecule has 0 amide bonds. The molecule has 4 N–H and O–H groups in total. The number of H-pyrrole nitrogens is 1. The summed E-state index contributed by atoms with van der Waals surface area (Å²) in [5.41, 5.74) is 8.02. The fraction of sp³-hybridized carbons (Fsp3) is 0.250. The van der Waals surface area contributed by atoms with Gasteiger partial charge < -0.3 is 15.3 Å². The topological polar surface area (TPSA) is 105 Å². The number of halogens is 3. The Labute approximate surface area is 198 Å². The van der Waals surface area contributed by atoms with E-state index in [0.717, 1.165) is 47.3 Å². The molecule has 0 radical (unpaired) electrons. The third-order valence-corrected chi connectivity index (χ3v) is 5.25. The lowest BCUT2D eigenvalue weighted by Gasteiger charge is -2.06. The molecule has 0 aliphatic heterocycles. The molecule has 180 valence electrons. The van der Waals surface area contributed by atoms with Crippen molar-refractivity contribution in [2.45, 2.75) is 25.9 Å². The van der Waals surface area contributed by atoms with Crippen LogP contribution >= 0.6 is 11.8 Å². The summed E-state index contributed by atoms with van der Waals surface area (Å²) in [5, 5.41) is 8.81. The van der Waals surface area contributed by atoms with Gasteiger partial charge in [0.15, 0.2) is 5.58 Å². The molecule has 3 rings (SSSR count). The molecular formula is C24H24F3N3O3S. The molecule has 0 fully saturated rings. The van der Waals surface area contributed by atoms with Crippen LogP contribution in [0, 0.1) is 11.8 Å². The summed E-state index contributed by atoms with van der Waals surface area (Å²) >= 11 is 1.43. The maximum absolute atomic E-state index is 12.1. The standard InChI is InChI=1S/C14H13N3O3S.C10H11F3/c1-21-13(11(16-8-15)3-2-6-18)9-4-5-10-12(7-9)20-14(19)17-10;1-2-3-8-4-6-9(7-5-8)10(11,12)13/h4-5,7-8,18H,6H2,1H3,(H2,15,16)(H,17,19);4-7H,2-3H2,1H3/b13-11-;. The number of nitrogens with two attached hydrogens (primary N) is 1. The molecule has 6 nitrogen and oxygen atoms in total. The van der Waals surface area contributed by atoms with Crippen molar-refractivity contribution in [3.05, 3.63) is 75.4 Å². The van der Waals surface area contributed by atoms with Gasteiger partial charge in [-0.25, -0.2) is 9.79 Å². The normalized spacial score (nSPS) is 12.1. The van der Waals surface area contributed by atoms with E-state index < -0.39 is 17.5 Å². The summed E-state index contributed by atoms with van der Waals surface area (Å²) in [6, 6.07) is 10.6. The second-order valence-electron chi connectivity index (χ2n) is 6.79. The number of aliphatic imine (C=N–C) groups is 1. The number of oxazole rings is 1. The van der Waals surface area contributed by atoms with Gasteiger partial charge in [-0.1, -0.05) is 37.5 Å². The van der Waals surface area contributed by atoms with Gasteiger partial charge in [-0.15, -0.1) is 11.8 Å². The maximum Gasteiger partial charge on any atom is 0.417 e. The van der Waals surface area contributed by atoms with Crippen molar-refractivity contribution in [3.63, 3.8) is 0 Å². The average molecular weight is 492 g/mol. The van der Waals surface area contributed by atoms with Crippen LogP contribution in [0.5, 0.6) is 0 Å². The largest absolute Gasteiger partial charge is 0.417 e. The van der Waals surface area contributed by atoms with E-state index in [0.29, 0.717) is 16.8 Å². The van der Waals surface area contributed by atoms with Crippen LogP contribution < -0.4 is 11.5 Å². The molecule has 34 heavy (non-hydrogen) atoms. The number of fused-ring (bicyclic) bond motifs is 1. The van der Waals surface area contributed by atoms with Crippen LogP contribution in [0.25, 0.3) is 16.0 Å². The van der Waals surface area contributed by atoms with E-state index in [9.17, 15) is 18.0 Å². The van der Waals surface area contributed by atoms with Gasteiger partial charge in [0.2, 0.25) is 0 Å². The Balaban J connectivity index is 0.000000270. The van der Waals surface area contributed by atoms with E-state index in [2.05, 4.69) is 21.8 Å². The number of allylic oxidation sites excluding steroid dienone is 1. The Kier molecular flexibility index (Phi) is 10.0. The number of rotatable bonds is 5. The number of nitrogens with one attached hydrogen (secondary N) is 1. The van der Waals surface area contributed by atoms with Crippen LogP contribution in [0.1, 0.15) is 30.0 Å². The summed E-state index contributed by atoms with van der Waals surface area (Å²) in [7, 11) is 0. The van der Waals surface area contributed by atoms with Gasteiger partial charge in [0.25, 0.3) is 0 Å². The molecule has 1 heterocycles. The SMILES string of the molecule is CCCc1ccc(C(F)(F)F)cc1.CS/C(=C(/C#CCO)N=CN)c1ccc2[nH]c(=O)oc2c1. The highest BCUT2D eigenvalue weighted by Gasteiger charge is 2.29. The van der Waals surface area contributed by atoms with Crippen molar-refractivity contribution in [2.75, 3.05) is 12.9 Å². The van der Waals surface area contributed by atoms with Gasteiger partial charge in [-0.05, 0) is 54.0 Å². The van der Waals surface area contributed by atoms with Crippen molar-refractivity contribution in [3.8, 4) is 11.8 Å². The van der Waals surface area contributed by atoms with Crippen molar-refractivity contribution >= 4 is 34.1 Å². The molecule has 1 aromatic heterocycles. The minimum Gasteiger partial charge on any atom is -0.408 e. The number of nitrogens with zero attached hydrogens (tertiary/aromatic N) is 1. The van der Waals surface area contributed by atoms with E-state index in [4.69, 9.17) is 15.3 Å². The molecule has 0 saturated carbocycles. The van der Waals surface area contributed by atoms with Crippen LogP contribution in [0.2, 0.25) is 0 Å². The van der Waals surface area contributed by atoms with Crippen molar-refractivity contribution < 1.29 is 22.7 Å². The van der Waals surface area contributed by atoms with E-state index in [1.54, 1.807) is 12.1 Å². The molecule has 0 unspecified atom stereocenters. The Morgan fingerprint density at radius 2 is 1.97 bits per heavy atom. The molecule has 2 aromatic carbocycles. The first kappa shape index (κ1) is 26.8. The predicted octanol–water partition coefficient (Wildman–Crippen LogP) is 4.79. The number of aryl methyl sites for hydroxylation is 1. The second-order valence-corrected chi connectivity index (χ2v) is 7.61. The first-order chi connectivity index (χ1) is 16.2. The van der Waals surface area contributed by atoms with Gasteiger partial charge in [0.05, 0.1) is 17.4 Å². The van der Waals surface area contributed by atoms with Gasteiger partial charge in [0, 0.05) is 4.91 Å². The van der Waals surface area contributed by atoms with E-state index >= 15 is 0 Å². The minimum absolute atomic E-state index is 0.267. The third kappa shape index (κ3) is 7.57. The summed E-state index contributed by atoms with van der Waals surface area (Å²) in [4.78, 5) is 18.6. The van der Waals surface area contributed by atoms with Crippen LogP contribution in [-0.4, -0.2) is 29.3 Å². The van der Waals surface area contributed by atoms with E-state index in [1.165, 1.54) is 23.9 Å². The maximum atomic E-state index is 12.1. The van der Waals surface area contributed by atoms with E-state index in [1.807, 2.05) is 19.2 Å². The molecule has 0 bridgehead atoms. The number of aliphatic hydroxyl groups is 1. The highest BCUT2D eigenvalue weighted by Crippen LogP contribution is 2.31. The zero-order valence-electron chi connectivity index (χ0n) is 18.6. The zero-order valence-corrected chi connectivity index (χ0v) is 19.4. The minimum atomic E-state index is -4.22. The lowest BCUT2D eigenvalue weighted by molar-refractivity contribution is -0.137. The quantitative estimate of drug-likeness (QED) is 0.270.